The summed E-state index contributed by atoms with van der Waals surface area (Å²) < 4.78 is 25.2. The van der Waals surface area contributed by atoms with Crippen LogP contribution in [0.2, 0.25) is 0 Å². The van der Waals surface area contributed by atoms with Gasteiger partial charge in [0.15, 0.2) is 9.84 Å². The van der Waals surface area contributed by atoms with Crippen LogP contribution in [0, 0.1) is 10.1 Å². The van der Waals surface area contributed by atoms with Gasteiger partial charge in [-0.1, -0.05) is 18.2 Å². The molecule has 0 saturated carbocycles. The molecule has 1 aromatic carbocycles. The number of rotatable bonds is 5. The van der Waals surface area contributed by atoms with Crippen LogP contribution in [0.1, 0.15) is 0 Å². The molecule has 0 N–H and O–H groups in total. The number of benzene rings is 1. The van der Waals surface area contributed by atoms with Crippen molar-refractivity contribution >= 4 is 15.5 Å². The van der Waals surface area contributed by atoms with Gasteiger partial charge in [0.25, 0.3) is 0 Å². The Morgan fingerprint density at radius 2 is 1.76 bits per heavy atom. The van der Waals surface area contributed by atoms with Gasteiger partial charge in [0.1, 0.15) is 0 Å². The fraction of sp³-hybridized carbons (Fsp3) is 0.154. The number of nitrogens with zero attached hydrogens (tertiary/aromatic N) is 2. The predicted molar refractivity (Wildman–Crippen MR) is 75.9 cm³/mol. The molecule has 0 spiro atoms. The van der Waals surface area contributed by atoms with E-state index < -0.39 is 26.0 Å². The fourth-order valence-electron chi connectivity index (χ4n) is 1.80. The van der Waals surface area contributed by atoms with Gasteiger partial charge in [0, 0.05) is 18.8 Å². The molecule has 2 aromatic rings. The largest absolute Gasteiger partial charge is 0.334 e. The highest BCUT2D eigenvalue weighted by atomic mass is 32.2. The lowest BCUT2D eigenvalue weighted by atomic mass is 10.4. The standard InChI is InChI=1S/C13H12N2O5S/c16-13-12(15(17)18)7-4-8-14(13)9-10-21(19,20)11-5-2-1-3-6-11/h1-8H,9-10H2. The molecule has 7 nitrogen and oxygen atoms in total. The highest BCUT2D eigenvalue weighted by Gasteiger charge is 2.17. The summed E-state index contributed by atoms with van der Waals surface area (Å²) >= 11 is 0. The minimum Gasteiger partial charge on any atom is -0.309 e. The van der Waals surface area contributed by atoms with Gasteiger partial charge in [0.05, 0.1) is 15.6 Å². The predicted octanol–water partition coefficient (Wildman–Crippen LogP) is 1.23. The molecular formula is C13H12N2O5S. The van der Waals surface area contributed by atoms with Crippen molar-refractivity contribution in [1.82, 2.24) is 4.57 Å². The minimum absolute atomic E-state index is 0.141. The molecule has 110 valence electrons. The first kappa shape index (κ1) is 14.9. The molecule has 2 rings (SSSR count). The number of pyridine rings is 1. The summed E-state index contributed by atoms with van der Waals surface area (Å²) in [5, 5.41) is 10.7. The maximum atomic E-state index is 12.1. The first-order valence-corrected chi connectivity index (χ1v) is 7.69. The second-order valence-corrected chi connectivity index (χ2v) is 6.39. The quantitative estimate of drug-likeness (QED) is 0.611. The maximum Gasteiger partial charge on any atom is 0.334 e. The van der Waals surface area contributed by atoms with Crippen molar-refractivity contribution in [3.63, 3.8) is 0 Å². The van der Waals surface area contributed by atoms with E-state index in [9.17, 15) is 23.3 Å². The molecule has 0 aliphatic carbocycles. The van der Waals surface area contributed by atoms with Crippen molar-refractivity contribution in [3.05, 3.63) is 69.1 Å². The minimum atomic E-state index is -3.54. The summed E-state index contributed by atoms with van der Waals surface area (Å²) in [4.78, 5) is 21.8. The van der Waals surface area contributed by atoms with Crippen molar-refractivity contribution in [2.75, 3.05) is 5.75 Å². The molecule has 0 aliphatic heterocycles. The van der Waals surface area contributed by atoms with Crippen molar-refractivity contribution < 1.29 is 13.3 Å². The van der Waals surface area contributed by atoms with E-state index in [4.69, 9.17) is 0 Å². The zero-order valence-corrected chi connectivity index (χ0v) is 11.7. The average molecular weight is 308 g/mol. The topological polar surface area (TPSA) is 99.3 Å². The van der Waals surface area contributed by atoms with Crippen molar-refractivity contribution in [2.45, 2.75) is 11.4 Å². The number of nitro groups is 1. The molecule has 0 fully saturated rings. The van der Waals surface area contributed by atoms with Crippen LogP contribution in [0.3, 0.4) is 0 Å². The highest BCUT2D eigenvalue weighted by Crippen LogP contribution is 2.10. The summed E-state index contributed by atoms with van der Waals surface area (Å²) in [6.07, 6.45) is 1.33. The third-order valence-corrected chi connectivity index (χ3v) is 4.61. The first-order valence-electron chi connectivity index (χ1n) is 6.03. The lowest BCUT2D eigenvalue weighted by Crippen LogP contribution is -2.25. The normalized spacial score (nSPS) is 11.2. The van der Waals surface area contributed by atoms with Gasteiger partial charge in [-0.25, -0.2) is 8.42 Å². The summed E-state index contributed by atoms with van der Waals surface area (Å²) in [7, 11) is -3.54. The van der Waals surface area contributed by atoms with Crippen LogP contribution in [0.5, 0.6) is 0 Å². The van der Waals surface area contributed by atoms with Gasteiger partial charge < -0.3 is 4.57 Å². The summed E-state index contributed by atoms with van der Waals surface area (Å²) in [6, 6.07) is 10.3. The molecular weight excluding hydrogens is 296 g/mol. The monoisotopic (exact) mass is 308 g/mol. The lowest BCUT2D eigenvalue weighted by molar-refractivity contribution is -0.386. The molecule has 0 atom stereocenters. The first-order chi connectivity index (χ1) is 9.92. The Morgan fingerprint density at radius 3 is 2.38 bits per heavy atom. The van der Waals surface area contributed by atoms with Gasteiger partial charge in [0.2, 0.25) is 0 Å². The van der Waals surface area contributed by atoms with Gasteiger partial charge in [-0.2, -0.15) is 0 Å². The molecule has 0 unspecified atom stereocenters. The van der Waals surface area contributed by atoms with Crippen LogP contribution < -0.4 is 5.56 Å². The molecule has 0 radical (unpaired) electrons. The summed E-state index contributed by atoms with van der Waals surface area (Å²) in [6.45, 7) is -0.141. The number of aryl methyl sites for hydroxylation is 1. The van der Waals surface area contributed by atoms with Crippen molar-refractivity contribution in [3.8, 4) is 0 Å². The summed E-state index contributed by atoms with van der Waals surface area (Å²) in [5.41, 5.74) is -1.39. The molecule has 0 aliphatic rings. The van der Waals surface area contributed by atoms with Crippen molar-refractivity contribution in [1.29, 1.82) is 0 Å². The molecule has 1 aromatic heterocycles. The molecule has 8 heteroatoms. The van der Waals surface area contributed by atoms with Crippen LogP contribution in [-0.4, -0.2) is 23.7 Å². The average Bonchev–Trinajstić information content (AvgIpc) is 2.47. The van der Waals surface area contributed by atoms with Gasteiger partial charge in [-0.15, -0.1) is 0 Å². The Kier molecular flexibility index (Phi) is 4.18. The second kappa shape index (κ2) is 5.88. The van der Waals surface area contributed by atoms with E-state index in [0.29, 0.717) is 0 Å². The molecule has 1 heterocycles. The van der Waals surface area contributed by atoms with E-state index in [1.54, 1.807) is 18.2 Å². The second-order valence-electron chi connectivity index (χ2n) is 4.28. The highest BCUT2D eigenvalue weighted by molar-refractivity contribution is 7.91. The van der Waals surface area contributed by atoms with Crippen LogP contribution in [-0.2, 0) is 16.4 Å². The van der Waals surface area contributed by atoms with Crippen LogP contribution in [0.25, 0.3) is 0 Å². The number of hydrogen-bond acceptors (Lipinski definition) is 5. The van der Waals surface area contributed by atoms with E-state index in [1.165, 1.54) is 24.4 Å². The molecule has 0 bridgehead atoms. The van der Waals surface area contributed by atoms with Gasteiger partial charge in [-0.05, 0) is 18.2 Å². The third-order valence-electron chi connectivity index (χ3n) is 2.90. The Labute approximate surface area is 120 Å². The Hall–Kier alpha value is -2.48. The fourth-order valence-corrected chi connectivity index (χ4v) is 3.05. The Balaban J connectivity index is 2.23. The smallest absolute Gasteiger partial charge is 0.309 e. The molecule has 0 saturated heterocycles. The van der Waals surface area contributed by atoms with Gasteiger partial charge in [-0.3, -0.25) is 14.9 Å². The van der Waals surface area contributed by atoms with Crippen LogP contribution in [0.4, 0.5) is 5.69 Å². The van der Waals surface area contributed by atoms with E-state index in [1.807, 2.05) is 0 Å². The number of hydrogen-bond donors (Lipinski definition) is 0. The molecule has 0 amide bonds. The van der Waals surface area contributed by atoms with E-state index in [-0.39, 0.29) is 17.2 Å². The summed E-state index contributed by atoms with van der Waals surface area (Å²) in [5.74, 6) is -0.307. The number of sulfone groups is 1. The zero-order chi connectivity index (χ0) is 15.5. The lowest BCUT2D eigenvalue weighted by Gasteiger charge is -2.06. The van der Waals surface area contributed by atoms with E-state index in [0.717, 1.165) is 10.6 Å². The SMILES string of the molecule is O=c1c([N+](=O)[O-])cccn1CCS(=O)(=O)c1ccccc1. The Morgan fingerprint density at radius 1 is 1.10 bits per heavy atom. The Bertz CT molecular complexity index is 812. The van der Waals surface area contributed by atoms with Crippen molar-refractivity contribution in [2.24, 2.45) is 0 Å². The van der Waals surface area contributed by atoms with E-state index in [2.05, 4.69) is 0 Å². The van der Waals surface area contributed by atoms with Gasteiger partial charge >= 0.3 is 11.2 Å². The number of aromatic nitrogens is 1. The van der Waals surface area contributed by atoms with E-state index >= 15 is 0 Å². The zero-order valence-electron chi connectivity index (χ0n) is 10.9. The third kappa shape index (κ3) is 3.34. The van der Waals surface area contributed by atoms with Crippen LogP contribution in [0.15, 0.2) is 58.4 Å². The maximum absolute atomic E-state index is 12.1. The molecule has 21 heavy (non-hydrogen) atoms. The van der Waals surface area contributed by atoms with Crippen LogP contribution >= 0.6 is 0 Å².